The molecule has 5 heterocycles. The van der Waals surface area contributed by atoms with Crippen LogP contribution in [-0.2, 0) is 17.6 Å². The molecule has 0 unspecified atom stereocenters. The predicted octanol–water partition coefficient (Wildman–Crippen LogP) is 3.21. The maximum absolute atomic E-state index is 13.5. The Morgan fingerprint density at radius 1 is 1.18 bits per heavy atom. The molecule has 2 atom stereocenters. The zero-order chi connectivity index (χ0) is 27.6. The van der Waals surface area contributed by atoms with Gasteiger partial charge in [-0.1, -0.05) is 0 Å². The van der Waals surface area contributed by atoms with E-state index in [-0.39, 0.29) is 43.2 Å². The third-order valence-corrected chi connectivity index (χ3v) is 7.45. The summed E-state index contributed by atoms with van der Waals surface area (Å²) < 4.78 is 51.6. The quantitative estimate of drug-likeness (QED) is 0.410. The van der Waals surface area contributed by atoms with Gasteiger partial charge in [-0.2, -0.15) is 13.2 Å². The SMILES string of the molecule is Nc1oc2cc(CCCN3CCOCC3)cnc2c1C(=O)Cc1cnccc1N1C[C@@H](N)C[C@@H](C(F)(F)F)C1. The molecule has 12 heteroatoms. The van der Waals surface area contributed by atoms with E-state index in [4.69, 9.17) is 20.6 Å². The summed E-state index contributed by atoms with van der Waals surface area (Å²) in [4.78, 5) is 26.0. The fourth-order valence-corrected chi connectivity index (χ4v) is 5.47. The maximum Gasteiger partial charge on any atom is 0.393 e. The molecule has 3 aromatic rings. The van der Waals surface area contributed by atoms with Crippen molar-refractivity contribution in [2.75, 3.05) is 56.6 Å². The number of carbonyl (C=O) groups excluding carboxylic acids is 1. The third-order valence-electron chi connectivity index (χ3n) is 7.45. The highest BCUT2D eigenvalue weighted by Crippen LogP contribution is 2.36. The van der Waals surface area contributed by atoms with Crippen LogP contribution in [0.1, 0.15) is 34.3 Å². The van der Waals surface area contributed by atoms with E-state index in [1.165, 1.54) is 12.4 Å². The van der Waals surface area contributed by atoms with Gasteiger partial charge in [0, 0.05) is 68.5 Å². The highest BCUT2D eigenvalue weighted by Gasteiger charge is 2.44. The van der Waals surface area contributed by atoms with Gasteiger partial charge in [0.1, 0.15) is 11.1 Å². The van der Waals surface area contributed by atoms with Gasteiger partial charge in [-0.05, 0) is 43.5 Å². The Labute approximate surface area is 224 Å². The van der Waals surface area contributed by atoms with E-state index in [1.54, 1.807) is 17.2 Å². The van der Waals surface area contributed by atoms with Crippen molar-refractivity contribution in [1.29, 1.82) is 0 Å². The van der Waals surface area contributed by atoms with Crippen LogP contribution in [0, 0.1) is 5.92 Å². The number of morpholine rings is 1. The van der Waals surface area contributed by atoms with Crippen molar-refractivity contribution in [3.63, 3.8) is 0 Å². The number of nitrogens with two attached hydrogens (primary N) is 2. The number of nitrogen functional groups attached to an aromatic ring is 1. The lowest BCUT2D eigenvalue weighted by atomic mass is 9.93. The largest absolute Gasteiger partial charge is 0.438 e. The molecule has 2 fully saturated rings. The van der Waals surface area contributed by atoms with E-state index >= 15 is 0 Å². The molecular formula is C27H33F3N6O3. The van der Waals surface area contributed by atoms with Crippen molar-refractivity contribution in [3.05, 3.63) is 47.4 Å². The van der Waals surface area contributed by atoms with E-state index in [1.807, 2.05) is 6.07 Å². The van der Waals surface area contributed by atoms with Crippen LogP contribution in [0.25, 0.3) is 11.1 Å². The lowest BCUT2D eigenvalue weighted by Crippen LogP contribution is -2.51. The monoisotopic (exact) mass is 546 g/mol. The number of alkyl halides is 3. The molecule has 0 saturated carbocycles. The minimum atomic E-state index is -4.35. The Balaban J connectivity index is 1.30. The first-order valence-electron chi connectivity index (χ1n) is 13.2. The van der Waals surface area contributed by atoms with Gasteiger partial charge < -0.3 is 25.5 Å². The topological polar surface area (TPSA) is 124 Å². The number of hydrogen-bond donors (Lipinski definition) is 2. The number of piperidine rings is 1. The van der Waals surface area contributed by atoms with Crippen molar-refractivity contribution in [2.45, 2.75) is 37.9 Å². The standard InChI is InChI=1S/C27H33F3N6O3/c28-27(29,30)19-12-20(31)16-36(15-19)21-3-4-33-14-18(21)11-22(37)24-25-23(39-26(24)32)10-17(13-34-25)2-1-5-35-6-8-38-9-7-35/h3-4,10,13-14,19-20H,1-2,5-9,11-12,15-16,31-32H2/t19-,20+/m1/s1. The van der Waals surface area contributed by atoms with Gasteiger partial charge >= 0.3 is 6.18 Å². The average molecular weight is 547 g/mol. The average Bonchev–Trinajstić information content (AvgIpc) is 3.23. The molecular weight excluding hydrogens is 513 g/mol. The molecule has 39 heavy (non-hydrogen) atoms. The molecule has 9 nitrogen and oxygen atoms in total. The van der Waals surface area contributed by atoms with Gasteiger partial charge in [0.25, 0.3) is 0 Å². The van der Waals surface area contributed by atoms with E-state index in [0.717, 1.165) is 51.3 Å². The number of rotatable bonds is 8. The summed E-state index contributed by atoms with van der Waals surface area (Å²) in [7, 11) is 0. The van der Waals surface area contributed by atoms with Gasteiger partial charge in [0.2, 0.25) is 5.88 Å². The lowest BCUT2D eigenvalue weighted by Gasteiger charge is -2.39. The van der Waals surface area contributed by atoms with Gasteiger partial charge in [0.15, 0.2) is 11.4 Å². The predicted molar refractivity (Wildman–Crippen MR) is 141 cm³/mol. The second-order valence-electron chi connectivity index (χ2n) is 10.3. The number of ketones is 1. The van der Waals surface area contributed by atoms with Crippen LogP contribution < -0.4 is 16.4 Å². The maximum atomic E-state index is 13.5. The molecule has 0 aliphatic carbocycles. The fraction of sp³-hybridized carbons (Fsp3) is 0.519. The number of halogens is 3. The van der Waals surface area contributed by atoms with Gasteiger partial charge in [-0.3, -0.25) is 19.7 Å². The highest BCUT2D eigenvalue weighted by molar-refractivity contribution is 6.10. The van der Waals surface area contributed by atoms with Gasteiger partial charge in [-0.25, -0.2) is 0 Å². The number of Topliss-reactive ketones (excluding diaryl/α,β-unsaturated/α-hetero) is 1. The molecule has 0 spiro atoms. The summed E-state index contributed by atoms with van der Waals surface area (Å²) in [6, 6.07) is 2.84. The zero-order valence-corrected chi connectivity index (χ0v) is 21.6. The second kappa shape index (κ2) is 11.5. The normalized spacial score (nSPS) is 21.0. The van der Waals surface area contributed by atoms with Crippen molar-refractivity contribution in [2.24, 2.45) is 11.7 Å². The Hall–Kier alpha value is -3.22. The lowest BCUT2D eigenvalue weighted by molar-refractivity contribution is -0.177. The number of aryl methyl sites for hydroxylation is 1. The summed E-state index contributed by atoms with van der Waals surface area (Å²) in [5.41, 5.74) is 15.0. The molecule has 4 N–H and O–H groups in total. The number of aromatic nitrogens is 2. The van der Waals surface area contributed by atoms with Crippen molar-refractivity contribution in [1.82, 2.24) is 14.9 Å². The molecule has 2 saturated heterocycles. The Kier molecular flexibility index (Phi) is 8.06. The minimum Gasteiger partial charge on any atom is -0.438 e. The molecule has 3 aromatic heterocycles. The summed E-state index contributed by atoms with van der Waals surface area (Å²) in [5, 5.41) is 0. The van der Waals surface area contributed by atoms with Gasteiger partial charge in [-0.15, -0.1) is 0 Å². The van der Waals surface area contributed by atoms with Crippen LogP contribution in [0.5, 0.6) is 0 Å². The van der Waals surface area contributed by atoms with E-state index in [9.17, 15) is 18.0 Å². The number of pyridine rings is 2. The number of ether oxygens (including phenoxy) is 1. The van der Waals surface area contributed by atoms with E-state index in [0.29, 0.717) is 22.4 Å². The smallest absolute Gasteiger partial charge is 0.393 e. The van der Waals surface area contributed by atoms with Crippen LogP contribution >= 0.6 is 0 Å². The number of nitrogens with zero attached hydrogens (tertiary/aromatic N) is 4. The molecule has 0 aromatic carbocycles. The number of anilines is 2. The Bertz CT molecular complexity index is 1310. The van der Waals surface area contributed by atoms with Crippen LogP contribution in [-0.4, -0.2) is 78.8 Å². The van der Waals surface area contributed by atoms with Crippen LogP contribution in [0.2, 0.25) is 0 Å². The number of carbonyl (C=O) groups is 1. The van der Waals surface area contributed by atoms with Crippen molar-refractivity contribution >= 4 is 28.5 Å². The molecule has 2 aliphatic rings. The van der Waals surface area contributed by atoms with Crippen molar-refractivity contribution in [3.8, 4) is 0 Å². The van der Waals surface area contributed by atoms with E-state index < -0.39 is 18.1 Å². The molecule has 0 amide bonds. The number of fused-ring (bicyclic) bond motifs is 1. The summed E-state index contributed by atoms with van der Waals surface area (Å²) in [6.45, 7) is 4.38. The van der Waals surface area contributed by atoms with Crippen LogP contribution in [0.4, 0.5) is 24.7 Å². The third kappa shape index (κ3) is 6.34. The van der Waals surface area contributed by atoms with Crippen LogP contribution in [0.15, 0.2) is 35.1 Å². The molecule has 2 aliphatic heterocycles. The van der Waals surface area contributed by atoms with Crippen LogP contribution in [0.3, 0.4) is 0 Å². The fourth-order valence-electron chi connectivity index (χ4n) is 5.47. The molecule has 0 radical (unpaired) electrons. The Morgan fingerprint density at radius 3 is 2.74 bits per heavy atom. The molecule has 5 rings (SSSR count). The second-order valence-corrected chi connectivity index (χ2v) is 10.3. The molecule has 210 valence electrons. The highest BCUT2D eigenvalue weighted by atomic mass is 19.4. The molecule has 0 bridgehead atoms. The van der Waals surface area contributed by atoms with Gasteiger partial charge in [0.05, 0.1) is 19.1 Å². The Morgan fingerprint density at radius 2 is 1.97 bits per heavy atom. The zero-order valence-electron chi connectivity index (χ0n) is 21.6. The number of hydrogen-bond acceptors (Lipinski definition) is 9. The first-order chi connectivity index (χ1) is 18.7. The minimum absolute atomic E-state index is 0.0319. The number of furan rings is 1. The van der Waals surface area contributed by atoms with Crippen molar-refractivity contribution < 1.29 is 27.1 Å². The summed E-state index contributed by atoms with van der Waals surface area (Å²) in [6.07, 6.45) is 1.88. The summed E-state index contributed by atoms with van der Waals surface area (Å²) in [5.74, 6) is -1.92. The summed E-state index contributed by atoms with van der Waals surface area (Å²) >= 11 is 0. The van der Waals surface area contributed by atoms with E-state index in [2.05, 4.69) is 14.9 Å². The first kappa shape index (κ1) is 27.4. The first-order valence-corrected chi connectivity index (χ1v) is 13.2.